The Hall–Kier alpha value is -2.74. The summed E-state index contributed by atoms with van der Waals surface area (Å²) in [5.41, 5.74) is -0.255. The molecule has 0 spiro atoms. The van der Waals surface area contributed by atoms with Crippen LogP contribution in [0.2, 0.25) is 0 Å². The number of nitrogens with zero attached hydrogens (tertiary/aromatic N) is 1. The van der Waals surface area contributed by atoms with Gasteiger partial charge < -0.3 is 15.1 Å². The van der Waals surface area contributed by atoms with Gasteiger partial charge in [0.2, 0.25) is 5.91 Å². The molecule has 0 aliphatic carbocycles. The first-order valence-electron chi connectivity index (χ1n) is 9.82. The van der Waals surface area contributed by atoms with Crippen LogP contribution in [0.4, 0.5) is 8.78 Å². The lowest BCUT2D eigenvalue weighted by Crippen LogP contribution is -2.41. The molecule has 1 saturated heterocycles. The van der Waals surface area contributed by atoms with E-state index in [0.29, 0.717) is 12.6 Å². The third kappa shape index (κ3) is 5.87. The largest absolute Gasteiger partial charge is 0.468 e. The number of benzene rings is 1. The van der Waals surface area contributed by atoms with E-state index in [1.165, 1.54) is 6.42 Å². The molecule has 0 bridgehead atoms. The van der Waals surface area contributed by atoms with E-state index in [0.717, 1.165) is 43.8 Å². The monoisotopic (exact) mass is 405 g/mol. The average Bonchev–Trinajstić information content (AvgIpc) is 3.23. The summed E-state index contributed by atoms with van der Waals surface area (Å²) in [4.78, 5) is 26.5. The van der Waals surface area contributed by atoms with Crippen molar-refractivity contribution in [2.75, 3.05) is 26.2 Å². The van der Waals surface area contributed by atoms with Gasteiger partial charge in [0.25, 0.3) is 5.91 Å². The Labute approximate surface area is 168 Å². The van der Waals surface area contributed by atoms with Crippen LogP contribution in [-0.4, -0.2) is 42.9 Å². The summed E-state index contributed by atoms with van der Waals surface area (Å²) in [6, 6.07) is 6.45. The number of likely N-dealkylation sites (tertiary alicyclic amines) is 1. The molecule has 3 rings (SSSR count). The minimum Gasteiger partial charge on any atom is -0.468 e. The maximum absolute atomic E-state index is 13.6. The third-order valence-corrected chi connectivity index (χ3v) is 5.01. The Balaban J connectivity index is 1.46. The molecule has 1 fully saturated rings. The predicted molar refractivity (Wildman–Crippen MR) is 103 cm³/mol. The first kappa shape index (κ1) is 21.0. The van der Waals surface area contributed by atoms with Gasteiger partial charge in [-0.1, -0.05) is 6.42 Å². The fourth-order valence-corrected chi connectivity index (χ4v) is 3.48. The van der Waals surface area contributed by atoms with Gasteiger partial charge in [0.05, 0.1) is 17.9 Å². The molecule has 6 nitrogen and oxygen atoms in total. The van der Waals surface area contributed by atoms with E-state index in [1.807, 2.05) is 12.1 Å². The molecule has 1 aliphatic heterocycles. The third-order valence-electron chi connectivity index (χ3n) is 5.01. The van der Waals surface area contributed by atoms with Gasteiger partial charge in [-0.05, 0) is 50.2 Å². The maximum atomic E-state index is 13.6. The number of hydrogen-bond donors (Lipinski definition) is 2. The van der Waals surface area contributed by atoms with Gasteiger partial charge >= 0.3 is 0 Å². The van der Waals surface area contributed by atoms with Gasteiger partial charge in [-0.3, -0.25) is 14.5 Å². The Bertz CT molecular complexity index is 821. The number of rotatable bonds is 8. The zero-order valence-electron chi connectivity index (χ0n) is 16.1. The number of carbonyl (C=O) groups is 2. The molecule has 1 aliphatic rings. The fraction of sp³-hybridized carbons (Fsp3) is 0.429. The minimum atomic E-state index is -0.935. The zero-order valence-corrected chi connectivity index (χ0v) is 16.1. The zero-order chi connectivity index (χ0) is 20.6. The molecule has 1 unspecified atom stereocenters. The molecule has 8 heteroatoms. The van der Waals surface area contributed by atoms with Crippen molar-refractivity contribution < 1.29 is 22.8 Å². The number of halogens is 2. The first-order valence-corrected chi connectivity index (χ1v) is 9.82. The van der Waals surface area contributed by atoms with Crippen molar-refractivity contribution in [1.82, 2.24) is 15.5 Å². The summed E-state index contributed by atoms with van der Waals surface area (Å²) >= 11 is 0. The highest BCUT2D eigenvalue weighted by Crippen LogP contribution is 2.24. The van der Waals surface area contributed by atoms with Crippen LogP contribution in [0.25, 0.3) is 0 Å². The number of carbonyl (C=O) groups excluding carboxylic acids is 2. The number of piperidine rings is 1. The van der Waals surface area contributed by atoms with Crippen molar-refractivity contribution in [3.63, 3.8) is 0 Å². The number of hydrogen-bond acceptors (Lipinski definition) is 4. The molecule has 2 heterocycles. The number of amides is 2. The molecule has 29 heavy (non-hydrogen) atoms. The Morgan fingerprint density at radius 3 is 2.59 bits per heavy atom. The van der Waals surface area contributed by atoms with E-state index < -0.39 is 17.5 Å². The van der Waals surface area contributed by atoms with E-state index in [1.54, 1.807) is 6.26 Å². The molecular weight excluding hydrogens is 380 g/mol. The van der Waals surface area contributed by atoms with Crippen LogP contribution in [0.15, 0.2) is 41.0 Å². The normalized spacial score (nSPS) is 15.7. The Morgan fingerprint density at radius 1 is 1.10 bits per heavy atom. The van der Waals surface area contributed by atoms with Gasteiger partial charge in [0.1, 0.15) is 17.4 Å². The standard InChI is InChI=1S/C21H25F2N3O3/c22-15-6-7-16(17(23)13-15)21(28)24-9-8-20(27)25-14-18(19-5-4-12-29-19)26-10-2-1-3-11-26/h4-7,12-13,18H,1-3,8-11,14H2,(H,24,28)(H,25,27). The highest BCUT2D eigenvalue weighted by Gasteiger charge is 2.24. The van der Waals surface area contributed by atoms with Crippen molar-refractivity contribution in [1.29, 1.82) is 0 Å². The lowest BCUT2D eigenvalue weighted by atomic mass is 10.1. The van der Waals surface area contributed by atoms with Crippen LogP contribution in [0, 0.1) is 11.6 Å². The maximum Gasteiger partial charge on any atom is 0.254 e. The van der Waals surface area contributed by atoms with E-state index in [2.05, 4.69) is 15.5 Å². The van der Waals surface area contributed by atoms with Crippen molar-refractivity contribution in [2.45, 2.75) is 31.7 Å². The topological polar surface area (TPSA) is 74.6 Å². The van der Waals surface area contributed by atoms with Crippen LogP contribution in [0.1, 0.15) is 47.8 Å². The summed E-state index contributed by atoms with van der Waals surface area (Å²) in [6.07, 6.45) is 5.13. The van der Waals surface area contributed by atoms with Gasteiger partial charge in [-0.2, -0.15) is 0 Å². The van der Waals surface area contributed by atoms with Crippen molar-refractivity contribution in [2.24, 2.45) is 0 Å². The van der Waals surface area contributed by atoms with Crippen LogP contribution < -0.4 is 10.6 Å². The summed E-state index contributed by atoms with van der Waals surface area (Å²) in [5.74, 6) is -1.78. The van der Waals surface area contributed by atoms with Gasteiger partial charge in [0.15, 0.2) is 0 Å². The average molecular weight is 405 g/mol. The molecule has 0 saturated carbocycles. The minimum absolute atomic E-state index is 0.0304. The van der Waals surface area contributed by atoms with Crippen LogP contribution in [0.5, 0.6) is 0 Å². The lowest BCUT2D eigenvalue weighted by molar-refractivity contribution is -0.121. The molecular formula is C21H25F2N3O3. The van der Waals surface area contributed by atoms with E-state index in [9.17, 15) is 18.4 Å². The molecule has 1 atom stereocenters. The molecule has 1 aromatic heterocycles. The molecule has 2 aromatic rings. The summed E-state index contributed by atoms with van der Waals surface area (Å²) in [5, 5.41) is 5.36. The molecule has 2 amide bonds. The first-order chi connectivity index (χ1) is 14.0. The van der Waals surface area contributed by atoms with Crippen LogP contribution >= 0.6 is 0 Å². The second-order valence-electron chi connectivity index (χ2n) is 7.06. The molecule has 1 aromatic carbocycles. The van der Waals surface area contributed by atoms with Crippen molar-refractivity contribution in [3.8, 4) is 0 Å². The quantitative estimate of drug-likeness (QED) is 0.708. The lowest BCUT2D eigenvalue weighted by Gasteiger charge is -2.33. The summed E-state index contributed by atoms with van der Waals surface area (Å²) in [7, 11) is 0. The van der Waals surface area contributed by atoms with Crippen molar-refractivity contribution in [3.05, 3.63) is 59.6 Å². The van der Waals surface area contributed by atoms with Crippen LogP contribution in [-0.2, 0) is 4.79 Å². The summed E-state index contributed by atoms with van der Waals surface area (Å²) in [6.45, 7) is 2.38. The highest BCUT2D eigenvalue weighted by molar-refractivity contribution is 5.94. The second kappa shape index (κ2) is 10.2. The van der Waals surface area contributed by atoms with E-state index in [-0.39, 0.29) is 30.5 Å². The van der Waals surface area contributed by atoms with Gasteiger partial charge in [-0.25, -0.2) is 8.78 Å². The molecule has 156 valence electrons. The fourth-order valence-electron chi connectivity index (χ4n) is 3.48. The Kier molecular flexibility index (Phi) is 7.35. The van der Waals surface area contributed by atoms with Crippen LogP contribution in [0.3, 0.4) is 0 Å². The van der Waals surface area contributed by atoms with Gasteiger partial charge in [0, 0.05) is 25.6 Å². The molecule has 2 N–H and O–H groups in total. The van der Waals surface area contributed by atoms with Crippen molar-refractivity contribution >= 4 is 11.8 Å². The number of furan rings is 1. The smallest absolute Gasteiger partial charge is 0.254 e. The Morgan fingerprint density at radius 2 is 1.90 bits per heavy atom. The highest BCUT2D eigenvalue weighted by atomic mass is 19.1. The van der Waals surface area contributed by atoms with E-state index in [4.69, 9.17) is 4.42 Å². The molecule has 0 radical (unpaired) electrons. The van der Waals surface area contributed by atoms with Gasteiger partial charge in [-0.15, -0.1) is 0 Å². The summed E-state index contributed by atoms with van der Waals surface area (Å²) < 4.78 is 32.1. The van der Waals surface area contributed by atoms with E-state index >= 15 is 0 Å². The second-order valence-corrected chi connectivity index (χ2v) is 7.06. The number of nitrogens with one attached hydrogen (secondary N) is 2. The SMILES string of the molecule is O=C(CCNC(=O)c1ccc(F)cc1F)NCC(c1ccco1)N1CCCCC1. The predicted octanol–water partition coefficient (Wildman–Crippen LogP) is 3.02.